The van der Waals surface area contributed by atoms with Crippen LogP contribution < -0.4 is 5.32 Å². The number of hydrogen-bond donors (Lipinski definition) is 1. The summed E-state index contributed by atoms with van der Waals surface area (Å²) in [7, 11) is 0. The monoisotopic (exact) mass is 310 g/mol. The predicted octanol–water partition coefficient (Wildman–Crippen LogP) is 3.29. The number of carbonyl (C=O) groups is 1. The van der Waals surface area contributed by atoms with Gasteiger partial charge in [0.1, 0.15) is 0 Å². The van der Waals surface area contributed by atoms with Crippen molar-refractivity contribution in [3.05, 3.63) is 39.4 Å². The smallest absolute Gasteiger partial charge is 0.270 e. The number of nitro benzene ring substituents is 1. The number of nitro groups is 1. The lowest BCUT2D eigenvalue weighted by Gasteiger charge is -2.18. The number of non-ortho nitro benzene ring substituents is 1. The van der Waals surface area contributed by atoms with Gasteiger partial charge < -0.3 is 5.32 Å². The van der Waals surface area contributed by atoms with Gasteiger partial charge in [0.05, 0.1) is 4.92 Å². The first-order valence-electron chi connectivity index (χ1n) is 7.12. The Labute approximate surface area is 128 Å². The number of aryl methyl sites for hydroxylation is 1. The van der Waals surface area contributed by atoms with Crippen molar-refractivity contribution >= 4 is 23.2 Å². The molecule has 114 valence electrons. The fourth-order valence-electron chi connectivity index (χ4n) is 2.87. The summed E-state index contributed by atoms with van der Waals surface area (Å²) in [4.78, 5) is 22.5. The number of nitrogens with one attached hydrogen (secondary N) is 1. The average molecular weight is 311 g/mol. The second-order valence-electron chi connectivity index (χ2n) is 5.57. The van der Waals surface area contributed by atoms with Gasteiger partial charge in [-0.15, -0.1) is 11.6 Å². The summed E-state index contributed by atoms with van der Waals surface area (Å²) < 4.78 is 0. The lowest BCUT2D eigenvalue weighted by atomic mass is 9.97. The Bertz CT molecular complexity index is 548. The van der Waals surface area contributed by atoms with E-state index in [1.165, 1.54) is 12.1 Å². The third kappa shape index (κ3) is 3.73. The number of nitrogens with zero attached hydrogens (tertiary/aromatic N) is 1. The minimum absolute atomic E-state index is 0.0646. The van der Waals surface area contributed by atoms with Gasteiger partial charge in [-0.05, 0) is 37.2 Å². The van der Waals surface area contributed by atoms with Crippen molar-refractivity contribution in [3.63, 3.8) is 0 Å². The number of rotatable bonds is 5. The minimum atomic E-state index is -0.489. The molecular formula is C15H19ClN2O3. The highest BCUT2D eigenvalue weighted by Crippen LogP contribution is 2.32. The van der Waals surface area contributed by atoms with Gasteiger partial charge in [0, 0.05) is 30.1 Å². The van der Waals surface area contributed by atoms with E-state index in [1.807, 2.05) is 0 Å². The van der Waals surface area contributed by atoms with Crippen LogP contribution in [0.4, 0.5) is 5.69 Å². The molecule has 1 N–H and O–H groups in total. The van der Waals surface area contributed by atoms with E-state index in [2.05, 4.69) is 5.32 Å². The molecule has 2 atom stereocenters. The number of benzene rings is 1. The molecule has 0 aliphatic heterocycles. The summed E-state index contributed by atoms with van der Waals surface area (Å²) >= 11 is 5.93. The Morgan fingerprint density at radius 3 is 2.81 bits per heavy atom. The molecule has 1 amide bonds. The van der Waals surface area contributed by atoms with Crippen LogP contribution in [0.2, 0.25) is 0 Å². The van der Waals surface area contributed by atoms with E-state index in [-0.39, 0.29) is 11.6 Å². The quantitative estimate of drug-likeness (QED) is 0.515. The van der Waals surface area contributed by atoms with Crippen molar-refractivity contribution in [1.82, 2.24) is 5.32 Å². The number of halogens is 1. The molecular weight excluding hydrogens is 292 g/mol. The minimum Gasteiger partial charge on any atom is -0.352 e. The molecule has 0 heterocycles. The highest BCUT2D eigenvalue weighted by atomic mass is 35.5. The molecule has 1 fully saturated rings. The van der Waals surface area contributed by atoms with Crippen molar-refractivity contribution < 1.29 is 9.72 Å². The topological polar surface area (TPSA) is 72.2 Å². The molecule has 0 aromatic heterocycles. The van der Waals surface area contributed by atoms with Crippen LogP contribution in [0.1, 0.15) is 35.2 Å². The summed E-state index contributed by atoms with van der Waals surface area (Å²) in [6.45, 7) is 2.36. The van der Waals surface area contributed by atoms with Gasteiger partial charge in [-0.25, -0.2) is 0 Å². The van der Waals surface area contributed by atoms with E-state index in [1.54, 1.807) is 13.0 Å². The predicted molar refractivity (Wildman–Crippen MR) is 81.7 cm³/mol. The zero-order valence-electron chi connectivity index (χ0n) is 12.0. The Morgan fingerprint density at radius 2 is 2.14 bits per heavy atom. The molecule has 0 spiro atoms. The summed E-state index contributed by atoms with van der Waals surface area (Å²) in [6, 6.07) is 4.34. The fraction of sp³-hybridized carbons (Fsp3) is 0.533. The van der Waals surface area contributed by atoms with E-state index in [4.69, 9.17) is 11.6 Å². The van der Waals surface area contributed by atoms with E-state index in [9.17, 15) is 14.9 Å². The molecule has 0 radical (unpaired) electrons. The van der Waals surface area contributed by atoms with Gasteiger partial charge >= 0.3 is 0 Å². The van der Waals surface area contributed by atoms with Crippen LogP contribution in [0.5, 0.6) is 0 Å². The molecule has 1 aliphatic carbocycles. The second kappa shape index (κ2) is 6.89. The largest absolute Gasteiger partial charge is 0.352 e. The van der Waals surface area contributed by atoms with Gasteiger partial charge in [-0.3, -0.25) is 14.9 Å². The lowest BCUT2D eigenvalue weighted by Crippen LogP contribution is -2.31. The molecule has 6 heteroatoms. The van der Waals surface area contributed by atoms with Crippen LogP contribution in [-0.2, 0) is 0 Å². The molecule has 1 saturated carbocycles. The maximum Gasteiger partial charge on any atom is 0.270 e. The second-order valence-corrected chi connectivity index (χ2v) is 5.88. The van der Waals surface area contributed by atoms with Gasteiger partial charge in [-0.2, -0.15) is 0 Å². The maximum absolute atomic E-state index is 12.2. The summed E-state index contributed by atoms with van der Waals surface area (Å²) in [6.07, 6.45) is 3.33. The standard InChI is InChI=1S/C15H19ClN2O3/c1-10-5-6-13(18(20)21)7-14(10)15(19)17-9-12-4-2-3-11(12)8-16/h5-7,11-12H,2-4,8-9H2,1H3,(H,17,19). The summed E-state index contributed by atoms with van der Waals surface area (Å²) in [5.41, 5.74) is 1.04. The average Bonchev–Trinajstić information content (AvgIpc) is 2.92. The van der Waals surface area contributed by atoms with Gasteiger partial charge in [-0.1, -0.05) is 12.5 Å². The Morgan fingerprint density at radius 1 is 1.43 bits per heavy atom. The zero-order chi connectivity index (χ0) is 15.4. The molecule has 0 bridgehead atoms. The van der Waals surface area contributed by atoms with Crippen molar-refractivity contribution in [2.45, 2.75) is 26.2 Å². The van der Waals surface area contributed by atoms with Crippen LogP contribution in [0, 0.1) is 28.9 Å². The van der Waals surface area contributed by atoms with Crippen LogP contribution in [0.15, 0.2) is 18.2 Å². The lowest BCUT2D eigenvalue weighted by molar-refractivity contribution is -0.384. The molecule has 2 unspecified atom stereocenters. The highest BCUT2D eigenvalue weighted by molar-refractivity contribution is 6.18. The first-order chi connectivity index (χ1) is 10.0. The normalized spacial score (nSPS) is 21.2. The van der Waals surface area contributed by atoms with E-state index < -0.39 is 4.92 Å². The maximum atomic E-state index is 12.2. The van der Waals surface area contributed by atoms with Crippen LogP contribution in [0.25, 0.3) is 0 Å². The molecule has 2 rings (SSSR count). The van der Waals surface area contributed by atoms with Crippen molar-refractivity contribution in [2.75, 3.05) is 12.4 Å². The highest BCUT2D eigenvalue weighted by Gasteiger charge is 2.27. The molecule has 0 saturated heterocycles. The first-order valence-corrected chi connectivity index (χ1v) is 7.65. The SMILES string of the molecule is Cc1ccc([N+](=O)[O-])cc1C(=O)NCC1CCCC1CCl. The Kier molecular flexibility index (Phi) is 5.17. The number of amides is 1. The third-order valence-electron chi connectivity index (χ3n) is 4.22. The van der Waals surface area contributed by atoms with E-state index in [0.29, 0.717) is 29.8 Å². The molecule has 1 aromatic rings. The van der Waals surface area contributed by atoms with E-state index >= 15 is 0 Å². The molecule has 1 aliphatic rings. The third-order valence-corrected chi connectivity index (χ3v) is 4.61. The summed E-state index contributed by atoms with van der Waals surface area (Å²) in [5.74, 6) is 1.23. The fourth-order valence-corrected chi connectivity index (χ4v) is 3.28. The Hall–Kier alpha value is -1.62. The molecule has 5 nitrogen and oxygen atoms in total. The first kappa shape index (κ1) is 15.8. The van der Waals surface area contributed by atoms with Crippen LogP contribution >= 0.6 is 11.6 Å². The van der Waals surface area contributed by atoms with Crippen molar-refractivity contribution in [3.8, 4) is 0 Å². The van der Waals surface area contributed by atoms with Crippen LogP contribution in [-0.4, -0.2) is 23.3 Å². The Balaban J connectivity index is 2.03. The zero-order valence-corrected chi connectivity index (χ0v) is 12.7. The molecule has 21 heavy (non-hydrogen) atoms. The van der Waals surface area contributed by atoms with Crippen LogP contribution in [0.3, 0.4) is 0 Å². The number of alkyl halides is 1. The van der Waals surface area contributed by atoms with Gasteiger partial charge in [0.2, 0.25) is 0 Å². The van der Waals surface area contributed by atoms with Gasteiger partial charge in [0.15, 0.2) is 0 Å². The van der Waals surface area contributed by atoms with E-state index in [0.717, 1.165) is 24.8 Å². The summed E-state index contributed by atoms with van der Waals surface area (Å²) in [5, 5.41) is 13.7. The number of carbonyl (C=O) groups excluding carboxylic acids is 1. The van der Waals surface area contributed by atoms with Gasteiger partial charge in [0.25, 0.3) is 11.6 Å². The van der Waals surface area contributed by atoms with Crippen molar-refractivity contribution in [2.24, 2.45) is 11.8 Å². The molecule has 1 aromatic carbocycles. The number of hydrogen-bond acceptors (Lipinski definition) is 3. The van der Waals surface area contributed by atoms with Crippen molar-refractivity contribution in [1.29, 1.82) is 0 Å².